The van der Waals surface area contributed by atoms with E-state index in [1.807, 2.05) is 0 Å². The lowest BCUT2D eigenvalue weighted by Gasteiger charge is -2.13. The summed E-state index contributed by atoms with van der Waals surface area (Å²) in [5.41, 5.74) is 0. The summed E-state index contributed by atoms with van der Waals surface area (Å²) < 4.78 is 132. The predicted octanol–water partition coefficient (Wildman–Crippen LogP) is -1.41. The van der Waals surface area contributed by atoms with Crippen LogP contribution in [-0.2, 0) is 147 Å². The molecule has 0 saturated carbocycles. The number of carbonyl (C=O) groups excluding carboxylic acids is 6. The number of hydroxylamine groups is 2. The van der Waals surface area contributed by atoms with Gasteiger partial charge in [0, 0.05) is 43.8 Å². The van der Waals surface area contributed by atoms with Crippen LogP contribution >= 0.6 is 0 Å². The molecule has 2 aliphatic rings. The first-order valence-electron chi connectivity index (χ1n) is 32.8. The Morgan fingerprint density at radius 1 is 0.240 bits per heavy atom. The van der Waals surface area contributed by atoms with E-state index in [4.69, 9.17) is 119 Å². The summed E-state index contributed by atoms with van der Waals surface area (Å²) in [5, 5.41) is 3.08. The molecule has 558 valence electrons. The molecule has 2 heterocycles. The molecular formula is C62H109N3O31. The van der Waals surface area contributed by atoms with Crippen LogP contribution in [0.1, 0.15) is 12.8 Å². The van der Waals surface area contributed by atoms with Crippen molar-refractivity contribution in [2.45, 2.75) is 12.8 Å². The highest BCUT2D eigenvalue weighted by Gasteiger charge is 2.28. The van der Waals surface area contributed by atoms with Gasteiger partial charge < -0.3 is 124 Å². The third kappa shape index (κ3) is 59.8. The first kappa shape index (κ1) is 87.8. The Labute approximate surface area is 563 Å². The van der Waals surface area contributed by atoms with E-state index in [1.54, 1.807) is 0 Å². The zero-order chi connectivity index (χ0) is 68.6. The maximum atomic E-state index is 11.8. The van der Waals surface area contributed by atoms with Gasteiger partial charge in [-0.3, -0.25) is 28.9 Å². The quantitative estimate of drug-likeness (QED) is 0.0540. The molecule has 0 fully saturated rings. The molecule has 2 rings (SSSR count). The highest BCUT2D eigenvalue weighted by atomic mass is 16.7. The topological polar surface area (TPSA) is 352 Å². The number of ether oxygens (including phenoxy) is 24. The SMILES string of the molecule is O=C(CCN1C(=O)C=CC1=O)NCCOCCOCCOCCOCCOCCOCCOCCOCCOCCOCCOCCOCCOCCOCCOCCOCCOCCOCCOCCOCCOCCOCCOCCOCCC(=O)ON1C(=O)C=CC1=O. The number of carbonyl (C=O) groups is 6. The van der Waals surface area contributed by atoms with E-state index < -0.39 is 29.6 Å². The van der Waals surface area contributed by atoms with Gasteiger partial charge in [-0.2, -0.15) is 0 Å². The van der Waals surface area contributed by atoms with Gasteiger partial charge in [-0.15, -0.1) is 0 Å². The Morgan fingerprint density at radius 2 is 0.417 bits per heavy atom. The summed E-state index contributed by atoms with van der Waals surface area (Å²) in [6.07, 6.45) is 4.35. The van der Waals surface area contributed by atoms with Gasteiger partial charge in [0.05, 0.1) is 324 Å². The lowest BCUT2D eigenvalue weighted by Crippen LogP contribution is -2.35. The van der Waals surface area contributed by atoms with E-state index in [0.29, 0.717) is 316 Å². The Hall–Kier alpha value is -4.26. The highest BCUT2D eigenvalue weighted by molar-refractivity contribution is 6.13. The smallest absolute Gasteiger partial charge is 0.335 e. The van der Waals surface area contributed by atoms with Crippen LogP contribution in [0.3, 0.4) is 0 Å². The number of imide groups is 2. The second-order valence-electron chi connectivity index (χ2n) is 19.5. The van der Waals surface area contributed by atoms with Crippen LogP contribution in [-0.4, -0.2) is 376 Å². The zero-order valence-corrected chi connectivity index (χ0v) is 56.1. The van der Waals surface area contributed by atoms with Gasteiger partial charge >= 0.3 is 5.97 Å². The van der Waals surface area contributed by atoms with Gasteiger partial charge in [0.2, 0.25) is 5.91 Å². The maximum absolute atomic E-state index is 11.8. The van der Waals surface area contributed by atoms with E-state index in [0.717, 1.165) is 17.1 Å². The van der Waals surface area contributed by atoms with E-state index in [9.17, 15) is 28.8 Å². The van der Waals surface area contributed by atoms with Gasteiger partial charge in [-0.25, -0.2) is 4.79 Å². The van der Waals surface area contributed by atoms with Crippen LogP contribution in [0, 0.1) is 0 Å². The molecular weight excluding hydrogens is 1280 g/mol. The lowest BCUT2D eigenvalue weighted by atomic mass is 10.3. The number of hydrogen-bond acceptors (Lipinski definition) is 31. The number of amides is 5. The van der Waals surface area contributed by atoms with Crippen LogP contribution < -0.4 is 5.32 Å². The zero-order valence-electron chi connectivity index (χ0n) is 56.1. The molecule has 2 aliphatic heterocycles. The van der Waals surface area contributed by atoms with E-state index in [-0.39, 0.29) is 38.5 Å². The van der Waals surface area contributed by atoms with Crippen molar-refractivity contribution in [1.82, 2.24) is 15.3 Å². The van der Waals surface area contributed by atoms with Crippen molar-refractivity contribution in [3.8, 4) is 0 Å². The minimum atomic E-state index is -0.747. The molecule has 34 nitrogen and oxygen atoms in total. The molecule has 0 aromatic heterocycles. The monoisotopic (exact) mass is 1390 g/mol. The number of nitrogens with one attached hydrogen (secondary N) is 1. The molecule has 0 bridgehead atoms. The van der Waals surface area contributed by atoms with Crippen molar-refractivity contribution >= 4 is 35.5 Å². The summed E-state index contributed by atoms with van der Waals surface area (Å²) >= 11 is 0. The predicted molar refractivity (Wildman–Crippen MR) is 335 cm³/mol. The number of nitrogens with zero attached hydrogens (tertiary/aromatic N) is 2. The Morgan fingerprint density at radius 3 is 0.625 bits per heavy atom. The first-order chi connectivity index (χ1) is 47.4. The minimum Gasteiger partial charge on any atom is -0.378 e. The molecule has 0 aromatic carbocycles. The summed E-state index contributed by atoms with van der Waals surface area (Å²) in [7, 11) is 0. The summed E-state index contributed by atoms with van der Waals surface area (Å²) in [6, 6.07) is 0. The van der Waals surface area contributed by atoms with Gasteiger partial charge in [0.25, 0.3) is 23.6 Å². The van der Waals surface area contributed by atoms with Crippen molar-refractivity contribution in [3.63, 3.8) is 0 Å². The van der Waals surface area contributed by atoms with Crippen molar-refractivity contribution in [1.29, 1.82) is 0 Å². The Kier molecular flexibility index (Phi) is 64.6. The molecule has 0 unspecified atom stereocenters. The standard InChI is InChI=1S/C62H109N3O31/c66-57(5-8-64-58(67)1-2-59(64)68)63-7-10-73-12-14-75-16-18-77-20-22-79-24-26-81-28-30-83-32-34-85-36-38-87-40-42-89-44-46-91-48-50-93-52-54-95-56-55-94-53-51-92-49-47-90-45-43-88-41-39-86-37-35-84-33-31-82-29-27-80-25-23-78-21-19-76-17-15-74-13-11-72-9-6-62(71)96-65-60(69)3-4-61(65)70/h1-4H,5-56H2,(H,63,66). The third-order valence-electron chi connectivity index (χ3n) is 12.0. The fourth-order valence-electron chi connectivity index (χ4n) is 7.16. The van der Waals surface area contributed by atoms with Crippen LogP contribution in [0.25, 0.3) is 0 Å². The average Bonchev–Trinajstić information content (AvgIpc) is 1.88. The summed E-state index contributed by atoms with van der Waals surface area (Å²) in [4.78, 5) is 75.0. The van der Waals surface area contributed by atoms with E-state index in [2.05, 4.69) is 5.32 Å². The molecule has 0 radical (unpaired) electrons. The largest absolute Gasteiger partial charge is 0.378 e. The van der Waals surface area contributed by atoms with Crippen LogP contribution in [0.5, 0.6) is 0 Å². The molecule has 0 saturated heterocycles. The molecule has 0 atom stereocenters. The fraction of sp³-hybridized carbons (Fsp3) is 0.839. The van der Waals surface area contributed by atoms with Crippen molar-refractivity contribution < 1.29 is 147 Å². The second-order valence-corrected chi connectivity index (χ2v) is 19.5. The average molecular weight is 1390 g/mol. The van der Waals surface area contributed by atoms with Gasteiger partial charge in [0.1, 0.15) is 0 Å². The van der Waals surface area contributed by atoms with Gasteiger partial charge in [0.15, 0.2) is 0 Å². The summed E-state index contributed by atoms with van der Waals surface area (Å²) in [6.45, 7) is 21.1. The Bertz CT molecular complexity index is 1860. The third-order valence-corrected chi connectivity index (χ3v) is 12.0. The minimum absolute atomic E-state index is 0.0420. The number of hydrogen-bond donors (Lipinski definition) is 1. The van der Waals surface area contributed by atoms with Crippen LogP contribution in [0.2, 0.25) is 0 Å². The van der Waals surface area contributed by atoms with Crippen molar-refractivity contribution in [2.24, 2.45) is 0 Å². The summed E-state index contributed by atoms with van der Waals surface area (Å²) in [5.74, 6) is -3.22. The van der Waals surface area contributed by atoms with E-state index in [1.165, 1.54) is 12.2 Å². The first-order valence-corrected chi connectivity index (χ1v) is 32.8. The van der Waals surface area contributed by atoms with Crippen LogP contribution in [0.4, 0.5) is 0 Å². The lowest BCUT2D eigenvalue weighted by molar-refractivity contribution is -0.196. The maximum Gasteiger partial charge on any atom is 0.335 e. The second kappa shape index (κ2) is 70.6. The van der Waals surface area contributed by atoms with E-state index >= 15 is 0 Å². The number of rotatable bonds is 79. The molecule has 0 aliphatic carbocycles. The molecule has 1 N–H and O–H groups in total. The highest BCUT2D eigenvalue weighted by Crippen LogP contribution is 2.06. The molecule has 34 heteroatoms. The van der Waals surface area contributed by atoms with Gasteiger partial charge in [-0.05, 0) is 0 Å². The molecule has 0 aromatic rings. The Balaban J connectivity index is 1.09. The van der Waals surface area contributed by atoms with Gasteiger partial charge in [-0.1, -0.05) is 5.06 Å². The molecule has 96 heavy (non-hydrogen) atoms. The van der Waals surface area contributed by atoms with Crippen LogP contribution in [0.15, 0.2) is 24.3 Å². The van der Waals surface area contributed by atoms with Crippen molar-refractivity contribution in [2.75, 3.05) is 330 Å². The van der Waals surface area contributed by atoms with Crippen molar-refractivity contribution in [3.05, 3.63) is 24.3 Å². The fourth-order valence-corrected chi connectivity index (χ4v) is 7.16. The normalized spacial score (nSPS) is 13.1. The molecule has 5 amide bonds. The molecule has 0 spiro atoms.